The molecule has 150 valence electrons. The lowest BCUT2D eigenvalue weighted by Crippen LogP contribution is -2.29. The molecule has 28 heavy (non-hydrogen) atoms. The van der Waals surface area contributed by atoms with Crippen molar-refractivity contribution >= 4 is 33.2 Å². The van der Waals surface area contributed by atoms with Crippen molar-refractivity contribution in [3.05, 3.63) is 52.8 Å². The molecule has 0 radical (unpaired) electrons. The first kappa shape index (κ1) is 20.6. The van der Waals surface area contributed by atoms with Gasteiger partial charge < -0.3 is 10.1 Å². The fourth-order valence-corrected chi connectivity index (χ4v) is 4.77. The van der Waals surface area contributed by atoms with Gasteiger partial charge in [0.2, 0.25) is 10.0 Å². The van der Waals surface area contributed by atoms with Crippen LogP contribution >= 0.6 is 11.6 Å². The number of hydrogen-bond donors (Lipinski definition) is 1. The summed E-state index contributed by atoms with van der Waals surface area (Å²) in [5, 5.41) is 3.04. The highest BCUT2D eigenvalue weighted by Gasteiger charge is 2.30. The van der Waals surface area contributed by atoms with Crippen LogP contribution in [0.1, 0.15) is 30.1 Å². The normalized spacial score (nSPS) is 14.8. The van der Waals surface area contributed by atoms with Crippen LogP contribution in [0.25, 0.3) is 0 Å². The first-order valence-electron chi connectivity index (χ1n) is 8.86. The molecule has 1 amide bonds. The first-order valence-corrected chi connectivity index (χ1v) is 10.7. The lowest BCUT2D eigenvalue weighted by molar-refractivity contribution is 0.102. The highest BCUT2D eigenvalue weighted by atomic mass is 35.5. The number of amides is 1. The summed E-state index contributed by atoms with van der Waals surface area (Å²) in [5.41, 5.74) is 0.356. The zero-order valence-corrected chi connectivity index (χ0v) is 16.8. The van der Waals surface area contributed by atoms with Crippen LogP contribution in [0.3, 0.4) is 0 Å². The number of carbonyl (C=O) groups excluding carboxylic acids is 1. The lowest BCUT2D eigenvalue weighted by atomic mass is 10.2. The van der Waals surface area contributed by atoms with Gasteiger partial charge in [-0.2, -0.15) is 4.31 Å². The van der Waals surface area contributed by atoms with Crippen molar-refractivity contribution in [2.45, 2.75) is 24.7 Å². The third-order valence-electron chi connectivity index (χ3n) is 4.37. The van der Waals surface area contributed by atoms with Gasteiger partial charge in [-0.05, 0) is 56.2 Å². The van der Waals surface area contributed by atoms with Crippen LogP contribution in [0.5, 0.6) is 5.75 Å². The van der Waals surface area contributed by atoms with Crippen molar-refractivity contribution in [1.82, 2.24) is 4.31 Å². The number of hydrogen-bond acceptors (Lipinski definition) is 4. The molecule has 1 fully saturated rings. The van der Waals surface area contributed by atoms with Gasteiger partial charge >= 0.3 is 0 Å². The van der Waals surface area contributed by atoms with E-state index in [4.69, 9.17) is 16.3 Å². The lowest BCUT2D eigenvalue weighted by Gasteiger charge is -2.17. The molecule has 0 unspecified atom stereocenters. The number of ether oxygens (including phenoxy) is 1. The van der Waals surface area contributed by atoms with Crippen molar-refractivity contribution in [3.8, 4) is 5.75 Å². The van der Waals surface area contributed by atoms with E-state index in [-0.39, 0.29) is 5.56 Å². The molecule has 2 aromatic rings. The standard InChI is InChI=1S/C19H20ClFN2O4S/c1-2-27-17-8-6-14(20)12-16(17)22-19(24)13-5-7-15(21)18(11-13)28(25,26)23-9-3-4-10-23/h5-8,11-12H,2-4,9-10H2,1H3,(H,22,24). The highest BCUT2D eigenvalue weighted by molar-refractivity contribution is 7.89. The van der Waals surface area contributed by atoms with E-state index in [1.807, 2.05) is 0 Å². The van der Waals surface area contributed by atoms with Gasteiger partial charge in [-0.15, -0.1) is 0 Å². The Morgan fingerprint density at radius 3 is 2.61 bits per heavy atom. The van der Waals surface area contributed by atoms with E-state index in [1.54, 1.807) is 19.1 Å². The average Bonchev–Trinajstić information content (AvgIpc) is 3.20. The maximum Gasteiger partial charge on any atom is 0.255 e. The molecule has 0 bridgehead atoms. The number of rotatable bonds is 6. The van der Waals surface area contributed by atoms with Crippen LogP contribution in [0.2, 0.25) is 5.02 Å². The molecule has 0 atom stereocenters. The van der Waals surface area contributed by atoms with Gasteiger partial charge in [-0.3, -0.25) is 4.79 Å². The van der Waals surface area contributed by atoms with Crippen molar-refractivity contribution in [2.24, 2.45) is 0 Å². The van der Waals surface area contributed by atoms with E-state index < -0.39 is 26.6 Å². The number of sulfonamides is 1. The maximum absolute atomic E-state index is 14.3. The fraction of sp³-hybridized carbons (Fsp3) is 0.316. The van der Waals surface area contributed by atoms with Crippen LogP contribution in [-0.4, -0.2) is 38.3 Å². The molecule has 1 saturated heterocycles. The molecule has 1 aliphatic rings. The molecule has 0 spiro atoms. The van der Waals surface area contributed by atoms with Crippen LogP contribution in [0.4, 0.5) is 10.1 Å². The second-order valence-corrected chi connectivity index (χ2v) is 8.63. The average molecular weight is 427 g/mol. The molecule has 1 N–H and O–H groups in total. The quantitative estimate of drug-likeness (QED) is 0.759. The van der Waals surface area contributed by atoms with Crippen LogP contribution in [0.15, 0.2) is 41.3 Å². The van der Waals surface area contributed by atoms with E-state index in [0.717, 1.165) is 25.0 Å². The van der Waals surface area contributed by atoms with Gasteiger partial charge in [0.25, 0.3) is 5.91 Å². The minimum absolute atomic E-state index is 0.0154. The molecule has 1 heterocycles. The zero-order valence-electron chi connectivity index (χ0n) is 15.2. The molecule has 0 aliphatic carbocycles. The van der Waals surface area contributed by atoms with E-state index >= 15 is 0 Å². The van der Waals surface area contributed by atoms with E-state index in [1.165, 1.54) is 16.4 Å². The summed E-state index contributed by atoms with van der Waals surface area (Å²) in [5.74, 6) is -1.06. The summed E-state index contributed by atoms with van der Waals surface area (Å²) in [6.45, 7) is 2.88. The van der Waals surface area contributed by atoms with Gasteiger partial charge in [-0.25, -0.2) is 12.8 Å². The number of anilines is 1. The smallest absolute Gasteiger partial charge is 0.255 e. The van der Waals surface area contributed by atoms with Crippen LogP contribution in [0, 0.1) is 5.82 Å². The summed E-state index contributed by atoms with van der Waals surface area (Å²) in [6, 6.07) is 8.05. The third-order valence-corrected chi connectivity index (χ3v) is 6.51. The predicted molar refractivity (Wildman–Crippen MR) is 105 cm³/mol. The minimum Gasteiger partial charge on any atom is -0.492 e. The number of benzene rings is 2. The topological polar surface area (TPSA) is 75.7 Å². The van der Waals surface area contributed by atoms with E-state index in [0.29, 0.717) is 36.2 Å². The van der Waals surface area contributed by atoms with Gasteiger partial charge in [-0.1, -0.05) is 11.6 Å². The predicted octanol–water partition coefficient (Wildman–Crippen LogP) is 3.91. The summed E-state index contributed by atoms with van der Waals surface area (Å²) in [4.78, 5) is 12.2. The Balaban J connectivity index is 1.91. The highest BCUT2D eigenvalue weighted by Crippen LogP contribution is 2.29. The number of nitrogens with one attached hydrogen (secondary N) is 1. The Morgan fingerprint density at radius 1 is 1.21 bits per heavy atom. The Kier molecular flexibility index (Phi) is 6.22. The summed E-state index contributed by atoms with van der Waals surface area (Å²) < 4.78 is 46.3. The first-order chi connectivity index (χ1) is 13.3. The summed E-state index contributed by atoms with van der Waals surface area (Å²) in [6.07, 6.45) is 1.46. The minimum atomic E-state index is -3.99. The molecule has 9 heteroatoms. The molecular weight excluding hydrogens is 407 g/mol. The van der Waals surface area contributed by atoms with Crippen molar-refractivity contribution in [2.75, 3.05) is 25.0 Å². The van der Waals surface area contributed by atoms with Crippen LogP contribution in [-0.2, 0) is 10.0 Å². The van der Waals surface area contributed by atoms with E-state index in [9.17, 15) is 17.6 Å². The SMILES string of the molecule is CCOc1ccc(Cl)cc1NC(=O)c1ccc(F)c(S(=O)(=O)N2CCCC2)c1. The van der Waals surface area contributed by atoms with Gasteiger partial charge in [0.05, 0.1) is 12.3 Å². The number of carbonyl (C=O) groups is 1. The molecule has 6 nitrogen and oxygen atoms in total. The Morgan fingerprint density at radius 2 is 1.93 bits per heavy atom. The largest absolute Gasteiger partial charge is 0.492 e. The van der Waals surface area contributed by atoms with Gasteiger partial charge in [0.1, 0.15) is 16.5 Å². The zero-order chi connectivity index (χ0) is 20.3. The van der Waals surface area contributed by atoms with Crippen molar-refractivity contribution in [1.29, 1.82) is 0 Å². The second kappa shape index (κ2) is 8.46. The maximum atomic E-state index is 14.3. The molecule has 3 rings (SSSR count). The second-order valence-electron chi connectivity index (χ2n) is 6.28. The molecule has 0 aromatic heterocycles. The summed E-state index contributed by atoms with van der Waals surface area (Å²) in [7, 11) is -3.99. The number of halogens is 2. The molecule has 2 aromatic carbocycles. The van der Waals surface area contributed by atoms with E-state index in [2.05, 4.69) is 5.32 Å². The van der Waals surface area contributed by atoms with Gasteiger partial charge in [0.15, 0.2) is 0 Å². The van der Waals surface area contributed by atoms with Gasteiger partial charge in [0, 0.05) is 23.7 Å². The Hall–Kier alpha value is -2.16. The summed E-state index contributed by atoms with van der Waals surface area (Å²) >= 11 is 5.98. The monoisotopic (exact) mass is 426 g/mol. The van der Waals surface area contributed by atoms with Crippen molar-refractivity contribution in [3.63, 3.8) is 0 Å². The molecular formula is C19H20ClFN2O4S. The Labute approximate surface area is 168 Å². The molecule has 1 aliphatic heterocycles. The van der Waals surface area contributed by atoms with Crippen LogP contribution < -0.4 is 10.1 Å². The number of nitrogens with zero attached hydrogens (tertiary/aromatic N) is 1. The molecule has 0 saturated carbocycles. The Bertz CT molecular complexity index is 991. The fourth-order valence-electron chi connectivity index (χ4n) is 2.99. The van der Waals surface area contributed by atoms with Crippen molar-refractivity contribution < 1.29 is 22.3 Å². The third kappa shape index (κ3) is 4.29.